The molecule has 0 heterocycles. The van der Waals surface area contributed by atoms with Gasteiger partial charge in [-0.2, -0.15) is 0 Å². The molecule has 6 heteroatoms. The van der Waals surface area contributed by atoms with Crippen LogP contribution in [0.1, 0.15) is 109 Å². The third-order valence-electron chi connectivity index (χ3n) is 9.95. The Morgan fingerprint density at radius 3 is 0.657 bits per heavy atom. The Kier molecular flexibility index (Phi) is 15.6. The average Bonchev–Trinajstić information content (AvgIpc) is 3.41. The van der Waals surface area contributed by atoms with E-state index in [0.29, 0.717) is 77.9 Å². The van der Waals surface area contributed by atoms with Crippen molar-refractivity contribution in [3.05, 3.63) is 246 Å². The average molecular weight is 901 g/mol. The van der Waals surface area contributed by atoms with Crippen molar-refractivity contribution in [2.45, 2.75) is 0 Å². The van der Waals surface area contributed by atoms with Crippen molar-refractivity contribution in [1.82, 2.24) is 0 Å². The smallest absolute Gasteiger partial charge is 0.337 e. The summed E-state index contributed by atoms with van der Waals surface area (Å²) < 4.78 is 15.0. The zero-order valence-electron chi connectivity index (χ0n) is 38.0. The minimum Gasteiger partial charge on any atom is -0.465 e. The van der Waals surface area contributed by atoms with Gasteiger partial charge in [-0.05, 0) is 127 Å². The molecule has 0 aliphatic carbocycles. The number of hydrogen-bond donors (Lipinski definition) is 0. The third kappa shape index (κ3) is 13.3. The summed E-state index contributed by atoms with van der Waals surface area (Å²) in [4.78, 5) is 37.8. The van der Waals surface area contributed by atoms with E-state index in [1.807, 2.05) is 97.1 Å². The second-order valence-corrected chi connectivity index (χ2v) is 15.0. The SMILES string of the molecule is C#Cc1cccc(C#Cc2cc(C#Cc3cccc(C#Cc4cc(C#Cc5cccc(C#Cc6cc(C#Cc7cccc(C#C)c7)cc(C(=O)OC)c6)c5)cc(C(=O)OC)c4)c3)cc(C(=O)OC)c2)c1. The maximum Gasteiger partial charge on any atom is 0.337 e. The van der Waals surface area contributed by atoms with Crippen LogP contribution in [0, 0.1) is 95.7 Å². The molecule has 7 aromatic carbocycles. The molecule has 0 spiro atoms. The first-order chi connectivity index (χ1) is 34.1. The highest BCUT2D eigenvalue weighted by atomic mass is 16.5. The highest BCUT2D eigenvalue weighted by Gasteiger charge is 2.10. The van der Waals surface area contributed by atoms with E-state index in [1.54, 1.807) is 54.6 Å². The molecule has 0 N–H and O–H groups in total. The van der Waals surface area contributed by atoms with E-state index in [4.69, 9.17) is 27.1 Å². The maximum atomic E-state index is 12.7. The molecule has 0 aromatic heterocycles. The van der Waals surface area contributed by atoms with Gasteiger partial charge < -0.3 is 14.2 Å². The van der Waals surface area contributed by atoms with E-state index in [9.17, 15) is 14.4 Å². The fourth-order valence-corrected chi connectivity index (χ4v) is 6.61. The van der Waals surface area contributed by atoms with Crippen LogP contribution in [-0.2, 0) is 14.2 Å². The van der Waals surface area contributed by atoms with Gasteiger partial charge in [0.1, 0.15) is 0 Å². The van der Waals surface area contributed by atoms with E-state index in [-0.39, 0.29) is 5.56 Å². The van der Waals surface area contributed by atoms with Gasteiger partial charge in [0.15, 0.2) is 0 Å². The van der Waals surface area contributed by atoms with Crippen LogP contribution in [0.25, 0.3) is 0 Å². The second kappa shape index (κ2) is 23.1. The molecule has 70 heavy (non-hydrogen) atoms. The quantitative estimate of drug-likeness (QED) is 0.100. The highest BCUT2D eigenvalue weighted by molar-refractivity contribution is 5.91. The summed E-state index contributed by atoms with van der Waals surface area (Å²) >= 11 is 0. The van der Waals surface area contributed by atoms with Gasteiger partial charge in [-0.25, -0.2) is 14.4 Å². The van der Waals surface area contributed by atoms with Crippen molar-refractivity contribution in [3.63, 3.8) is 0 Å². The number of ether oxygens (including phenoxy) is 3. The number of terminal acetylenes is 2. The molecule has 0 bridgehead atoms. The van der Waals surface area contributed by atoms with Crippen molar-refractivity contribution >= 4 is 17.9 Å². The molecular weight excluding hydrogens is 865 g/mol. The van der Waals surface area contributed by atoms with Gasteiger partial charge in [-0.15, -0.1) is 12.8 Å². The Balaban J connectivity index is 1.12. The van der Waals surface area contributed by atoms with Crippen molar-refractivity contribution < 1.29 is 28.6 Å². The van der Waals surface area contributed by atoms with Crippen LogP contribution in [0.4, 0.5) is 0 Å². The molecule has 0 saturated carbocycles. The molecule has 0 aliphatic heterocycles. The molecule has 0 fully saturated rings. The van der Waals surface area contributed by atoms with Gasteiger partial charge in [-0.3, -0.25) is 0 Å². The van der Waals surface area contributed by atoms with Crippen molar-refractivity contribution in [3.8, 4) is 95.7 Å². The van der Waals surface area contributed by atoms with Gasteiger partial charge in [0, 0.05) is 77.9 Å². The van der Waals surface area contributed by atoms with Gasteiger partial charge in [0.25, 0.3) is 0 Å². The van der Waals surface area contributed by atoms with Gasteiger partial charge >= 0.3 is 17.9 Å². The molecule has 0 radical (unpaired) electrons. The molecular formula is C64H36O6. The number of carbonyl (C=O) groups excluding carboxylic acids is 3. The molecule has 0 atom stereocenters. The number of carbonyl (C=O) groups is 3. The minimum absolute atomic E-state index is 0.288. The molecule has 0 aliphatic rings. The normalized spacial score (nSPS) is 9.39. The summed E-state index contributed by atoms with van der Waals surface area (Å²) in [6.45, 7) is 0. The van der Waals surface area contributed by atoms with E-state index in [1.165, 1.54) is 21.3 Å². The Labute approximate surface area is 408 Å². The topological polar surface area (TPSA) is 78.9 Å². The zero-order valence-corrected chi connectivity index (χ0v) is 38.0. The van der Waals surface area contributed by atoms with Gasteiger partial charge in [0.05, 0.1) is 38.0 Å². The first kappa shape index (κ1) is 47.4. The van der Waals surface area contributed by atoms with Gasteiger partial charge in [-0.1, -0.05) is 107 Å². The third-order valence-corrected chi connectivity index (χ3v) is 9.95. The fourth-order valence-electron chi connectivity index (χ4n) is 6.61. The molecule has 0 saturated heterocycles. The lowest BCUT2D eigenvalue weighted by molar-refractivity contribution is 0.0592. The summed E-state index contributed by atoms with van der Waals surface area (Å²) in [5.41, 5.74) is 9.93. The Hall–Kier alpha value is -10.6. The van der Waals surface area contributed by atoms with E-state index in [0.717, 1.165) is 11.1 Å². The predicted molar refractivity (Wildman–Crippen MR) is 271 cm³/mol. The standard InChI is InChI=1S/C64H36O6/c1-6-45-12-8-14-47(32-45)20-26-53-36-55(41-59(39-53)62(65)68-3)28-22-49-16-10-18-51(34-49)24-30-57-38-58(44-61(43-57)64(67)70-5)31-25-52-19-11-17-50(35-52)23-29-56-37-54(40-60(42-56)63(66)69-4)27-21-48-15-9-13-46(7-2)33-48/h1-2,8-19,32-44H,3-5H3. The summed E-state index contributed by atoms with van der Waals surface area (Å²) in [6, 6.07) is 44.7. The Morgan fingerprint density at radius 2 is 0.457 bits per heavy atom. The van der Waals surface area contributed by atoms with Crippen molar-refractivity contribution in [1.29, 1.82) is 0 Å². The van der Waals surface area contributed by atoms with Crippen LogP contribution in [-0.4, -0.2) is 39.2 Å². The van der Waals surface area contributed by atoms with E-state index in [2.05, 4.69) is 82.9 Å². The zero-order chi connectivity index (χ0) is 49.2. The number of esters is 3. The summed E-state index contributed by atoms with van der Waals surface area (Å²) in [6.07, 6.45) is 11.1. The Morgan fingerprint density at radius 1 is 0.286 bits per heavy atom. The first-order valence-corrected chi connectivity index (χ1v) is 21.3. The first-order valence-electron chi connectivity index (χ1n) is 21.3. The molecule has 7 rings (SSSR count). The van der Waals surface area contributed by atoms with Gasteiger partial charge in [0.2, 0.25) is 0 Å². The molecule has 0 unspecified atom stereocenters. The van der Waals surface area contributed by atoms with Crippen LogP contribution in [0.3, 0.4) is 0 Å². The van der Waals surface area contributed by atoms with Crippen LogP contribution < -0.4 is 0 Å². The monoisotopic (exact) mass is 900 g/mol. The summed E-state index contributed by atoms with van der Waals surface area (Å²) in [5.74, 6) is 41.3. The molecule has 6 nitrogen and oxygen atoms in total. The number of methoxy groups -OCH3 is 3. The lowest BCUT2D eigenvalue weighted by Gasteiger charge is -2.02. The van der Waals surface area contributed by atoms with Crippen LogP contribution in [0.2, 0.25) is 0 Å². The van der Waals surface area contributed by atoms with E-state index < -0.39 is 17.9 Å². The van der Waals surface area contributed by atoms with E-state index >= 15 is 0 Å². The van der Waals surface area contributed by atoms with Crippen molar-refractivity contribution in [2.75, 3.05) is 21.3 Å². The number of hydrogen-bond acceptors (Lipinski definition) is 6. The molecule has 0 amide bonds. The summed E-state index contributed by atoms with van der Waals surface area (Å²) in [7, 11) is 3.95. The number of rotatable bonds is 3. The lowest BCUT2D eigenvalue weighted by atomic mass is 10.0. The predicted octanol–water partition coefficient (Wildman–Crippen LogP) is 9.41. The molecule has 328 valence electrons. The highest BCUT2D eigenvalue weighted by Crippen LogP contribution is 2.16. The maximum absolute atomic E-state index is 12.7. The summed E-state index contributed by atoms with van der Waals surface area (Å²) in [5, 5.41) is 0. The van der Waals surface area contributed by atoms with Crippen molar-refractivity contribution in [2.24, 2.45) is 0 Å². The Bertz CT molecular complexity index is 3510. The lowest BCUT2D eigenvalue weighted by Crippen LogP contribution is -2.02. The molecule has 7 aromatic rings. The van der Waals surface area contributed by atoms with Crippen LogP contribution in [0.5, 0.6) is 0 Å². The van der Waals surface area contributed by atoms with Crippen LogP contribution in [0.15, 0.2) is 152 Å². The largest absolute Gasteiger partial charge is 0.465 e. The second-order valence-electron chi connectivity index (χ2n) is 15.0. The fraction of sp³-hybridized carbons (Fsp3) is 0.0469. The number of benzene rings is 7. The minimum atomic E-state index is -0.534. The van der Waals surface area contributed by atoms with Crippen LogP contribution >= 0.6 is 0 Å².